The second-order valence-corrected chi connectivity index (χ2v) is 9.18. The van der Waals surface area contributed by atoms with Gasteiger partial charge in [-0.2, -0.15) is 0 Å². The summed E-state index contributed by atoms with van der Waals surface area (Å²) in [5.41, 5.74) is 1.86. The molecule has 0 N–H and O–H groups in total. The molecular formula is C21H27Cl2NO3. The molecule has 1 aliphatic heterocycles. The molecule has 3 atom stereocenters. The van der Waals surface area contributed by atoms with Gasteiger partial charge in [0.15, 0.2) is 0 Å². The van der Waals surface area contributed by atoms with E-state index in [1.54, 1.807) is 11.9 Å². The topological polar surface area (TPSA) is 46.6 Å². The molecule has 0 spiro atoms. The lowest BCUT2D eigenvalue weighted by Gasteiger charge is -2.45. The number of amides is 1. The normalized spacial score (nSPS) is 27.9. The molecule has 0 radical (unpaired) electrons. The number of halogens is 2. The van der Waals surface area contributed by atoms with Crippen molar-refractivity contribution in [3.63, 3.8) is 0 Å². The molecule has 1 aromatic carbocycles. The number of methoxy groups -OCH3 is 1. The fourth-order valence-corrected chi connectivity index (χ4v) is 5.98. The summed E-state index contributed by atoms with van der Waals surface area (Å²) in [7, 11) is 3.21. The van der Waals surface area contributed by atoms with Gasteiger partial charge < -0.3 is 9.64 Å². The van der Waals surface area contributed by atoms with Crippen LogP contribution >= 0.6 is 23.2 Å². The van der Waals surface area contributed by atoms with Crippen molar-refractivity contribution < 1.29 is 14.3 Å². The predicted octanol–water partition coefficient (Wildman–Crippen LogP) is 5.05. The summed E-state index contributed by atoms with van der Waals surface area (Å²) in [6, 6.07) is 1.92. The van der Waals surface area contributed by atoms with Crippen LogP contribution in [0.3, 0.4) is 0 Å². The lowest BCUT2D eigenvalue weighted by atomic mass is 9.59. The summed E-state index contributed by atoms with van der Waals surface area (Å²) in [5, 5.41) is 1.04. The Morgan fingerprint density at radius 3 is 2.63 bits per heavy atom. The lowest BCUT2D eigenvalue weighted by Crippen LogP contribution is -2.47. The molecule has 1 amide bonds. The van der Waals surface area contributed by atoms with Crippen LogP contribution in [0.5, 0.6) is 0 Å². The number of fused-ring (bicyclic) bond motifs is 3. The molecule has 1 aliphatic carbocycles. The van der Waals surface area contributed by atoms with E-state index in [-0.39, 0.29) is 35.0 Å². The van der Waals surface area contributed by atoms with E-state index in [9.17, 15) is 9.59 Å². The van der Waals surface area contributed by atoms with Crippen LogP contribution in [0.1, 0.15) is 67.4 Å². The summed E-state index contributed by atoms with van der Waals surface area (Å²) >= 11 is 13.4. The van der Waals surface area contributed by atoms with Gasteiger partial charge in [-0.15, -0.1) is 0 Å². The van der Waals surface area contributed by atoms with E-state index in [1.807, 2.05) is 19.9 Å². The van der Waals surface area contributed by atoms with Crippen LogP contribution in [0, 0.1) is 11.8 Å². The summed E-state index contributed by atoms with van der Waals surface area (Å²) in [6.45, 7) is 6.67. The van der Waals surface area contributed by atoms with Gasteiger partial charge in [-0.1, -0.05) is 50.4 Å². The van der Waals surface area contributed by atoms with Crippen molar-refractivity contribution in [2.75, 3.05) is 20.7 Å². The number of hydrogen-bond acceptors (Lipinski definition) is 3. The van der Waals surface area contributed by atoms with Crippen LogP contribution < -0.4 is 0 Å². The highest BCUT2D eigenvalue weighted by molar-refractivity contribution is 6.38. The van der Waals surface area contributed by atoms with Crippen LogP contribution in [-0.4, -0.2) is 37.5 Å². The maximum Gasteiger partial charge on any atom is 0.309 e. The van der Waals surface area contributed by atoms with E-state index in [0.717, 1.165) is 30.4 Å². The molecule has 0 saturated heterocycles. The summed E-state index contributed by atoms with van der Waals surface area (Å²) < 4.78 is 5.08. The number of ether oxygens (including phenoxy) is 1. The minimum absolute atomic E-state index is 0.0362. The minimum atomic E-state index is -0.365. The van der Waals surface area contributed by atoms with Crippen molar-refractivity contribution in [3.05, 3.63) is 32.8 Å². The van der Waals surface area contributed by atoms with Gasteiger partial charge in [0.1, 0.15) is 0 Å². The Labute approximate surface area is 171 Å². The van der Waals surface area contributed by atoms with Gasteiger partial charge in [-0.05, 0) is 47.3 Å². The van der Waals surface area contributed by atoms with E-state index in [0.29, 0.717) is 22.2 Å². The second-order valence-electron chi connectivity index (χ2n) is 8.39. The summed E-state index contributed by atoms with van der Waals surface area (Å²) in [4.78, 5) is 27.4. The third-order valence-corrected chi connectivity index (χ3v) is 7.20. The number of carbonyl (C=O) groups is 2. The third-order valence-electron chi connectivity index (χ3n) is 6.50. The monoisotopic (exact) mass is 411 g/mol. The van der Waals surface area contributed by atoms with Gasteiger partial charge in [0.2, 0.25) is 0 Å². The molecule has 1 fully saturated rings. The zero-order valence-corrected chi connectivity index (χ0v) is 18.1. The second kappa shape index (κ2) is 7.29. The Morgan fingerprint density at radius 2 is 2.04 bits per heavy atom. The van der Waals surface area contributed by atoms with Crippen molar-refractivity contribution >= 4 is 35.1 Å². The van der Waals surface area contributed by atoms with E-state index in [2.05, 4.69) is 6.92 Å². The lowest BCUT2D eigenvalue weighted by molar-refractivity contribution is -0.150. The number of esters is 1. The van der Waals surface area contributed by atoms with Gasteiger partial charge in [-0.25, -0.2) is 0 Å². The number of nitrogens with zero attached hydrogens (tertiary/aromatic N) is 1. The quantitative estimate of drug-likeness (QED) is 0.639. The molecule has 4 nitrogen and oxygen atoms in total. The van der Waals surface area contributed by atoms with Crippen molar-refractivity contribution in [1.29, 1.82) is 0 Å². The SMILES string of the molecule is COC(=O)[C@@H]1CCC[C@]2(C)c3cc(Cl)c(C(C)C)c(Cl)c3C(=O)N(C)C[C@H]12. The maximum absolute atomic E-state index is 13.3. The highest BCUT2D eigenvalue weighted by atomic mass is 35.5. The average molecular weight is 412 g/mol. The first-order chi connectivity index (χ1) is 12.6. The van der Waals surface area contributed by atoms with E-state index in [4.69, 9.17) is 27.9 Å². The largest absolute Gasteiger partial charge is 0.469 e. The Kier molecular flexibility index (Phi) is 5.53. The number of hydrogen-bond donors (Lipinski definition) is 0. The molecule has 27 heavy (non-hydrogen) atoms. The minimum Gasteiger partial charge on any atom is -0.469 e. The van der Waals surface area contributed by atoms with Crippen LogP contribution in [0.2, 0.25) is 10.0 Å². The molecule has 0 unspecified atom stereocenters. The molecule has 1 aromatic rings. The molecule has 0 aromatic heterocycles. The van der Waals surface area contributed by atoms with Gasteiger partial charge in [0.25, 0.3) is 5.91 Å². The molecule has 0 bridgehead atoms. The molecule has 1 saturated carbocycles. The van der Waals surface area contributed by atoms with E-state index >= 15 is 0 Å². The van der Waals surface area contributed by atoms with Crippen molar-refractivity contribution in [1.82, 2.24) is 4.90 Å². The molecule has 148 valence electrons. The number of benzene rings is 1. The van der Waals surface area contributed by atoms with Crippen LogP contribution in [0.4, 0.5) is 0 Å². The zero-order valence-electron chi connectivity index (χ0n) is 16.6. The standard InChI is InChI=1S/C21H27Cl2NO3/c1-11(2)16-15(22)9-13-17(18(16)23)19(25)24(4)10-14-12(20(26)27-5)7-6-8-21(13,14)3/h9,11-12,14H,6-8,10H2,1-5H3/t12-,14-,21-/m1/s1. The van der Waals surface area contributed by atoms with Crippen LogP contribution in [0.15, 0.2) is 6.07 Å². The van der Waals surface area contributed by atoms with Gasteiger partial charge in [0, 0.05) is 18.6 Å². The highest BCUT2D eigenvalue weighted by Crippen LogP contribution is 2.52. The first-order valence-corrected chi connectivity index (χ1v) is 10.2. The average Bonchev–Trinajstić information content (AvgIpc) is 2.68. The number of carbonyl (C=O) groups excluding carboxylic acids is 2. The third kappa shape index (κ3) is 3.15. The van der Waals surface area contributed by atoms with Crippen molar-refractivity contribution in [2.24, 2.45) is 11.8 Å². The van der Waals surface area contributed by atoms with Crippen molar-refractivity contribution in [2.45, 2.75) is 51.4 Å². The van der Waals surface area contributed by atoms with Gasteiger partial charge >= 0.3 is 5.97 Å². The Hall–Kier alpha value is -1.26. The molecule has 1 heterocycles. The van der Waals surface area contributed by atoms with Crippen molar-refractivity contribution in [3.8, 4) is 0 Å². The first-order valence-electron chi connectivity index (χ1n) is 9.49. The summed E-state index contributed by atoms with van der Waals surface area (Å²) in [6.07, 6.45) is 2.55. The summed E-state index contributed by atoms with van der Waals surface area (Å²) in [5.74, 6) is -0.475. The number of rotatable bonds is 2. The molecule has 3 rings (SSSR count). The van der Waals surface area contributed by atoms with Crippen LogP contribution in [0.25, 0.3) is 0 Å². The highest BCUT2D eigenvalue weighted by Gasteiger charge is 2.51. The first kappa shape index (κ1) is 20.5. The van der Waals surface area contributed by atoms with E-state index < -0.39 is 0 Å². The van der Waals surface area contributed by atoms with Crippen LogP contribution in [-0.2, 0) is 14.9 Å². The van der Waals surface area contributed by atoms with Gasteiger partial charge in [0.05, 0.1) is 23.6 Å². The Balaban J connectivity index is 2.28. The zero-order chi connectivity index (χ0) is 20.1. The smallest absolute Gasteiger partial charge is 0.309 e. The predicted molar refractivity (Wildman–Crippen MR) is 108 cm³/mol. The molecule has 2 aliphatic rings. The Morgan fingerprint density at radius 1 is 1.37 bits per heavy atom. The fourth-order valence-electron chi connectivity index (χ4n) is 5.01. The Bertz CT molecular complexity index is 792. The van der Waals surface area contributed by atoms with E-state index in [1.165, 1.54) is 7.11 Å². The van der Waals surface area contributed by atoms with Gasteiger partial charge in [-0.3, -0.25) is 9.59 Å². The maximum atomic E-state index is 13.3. The molecular weight excluding hydrogens is 385 g/mol. The molecule has 6 heteroatoms. The fraction of sp³-hybridized carbons (Fsp3) is 0.619.